The summed E-state index contributed by atoms with van der Waals surface area (Å²) < 4.78 is 26.4. The molecule has 0 rings (SSSR count). The average molecular weight is 466 g/mol. The lowest BCUT2D eigenvalue weighted by atomic mass is 10.9. The second-order valence-corrected chi connectivity index (χ2v) is 23.7. The number of rotatable bonds is 17. The van der Waals surface area contributed by atoms with Crippen molar-refractivity contribution in [2.75, 3.05) is 0 Å². The fourth-order valence-electron chi connectivity index (χ4n) is 3.17. The van der Waals surface area contributed by atoms with Crippen molar-refractivity contribution in [3.8, 4) is 0 Å². The van der Waals surface area contributed by atoms with Crippen LogP contribution in [0.3, 0.4) is 0 Å². The van der Waals surface area contributed by atoms with Crippen LogP contribution in [0.4, 0.5) is 0 Å². The van der Waals surface area contributed by atoms with Crippen molar-refractivity contribution in [3.63, 3.8) is 0 Å². The van der Waals surface area contributed by atoms with E-state index in [9.17, 15) is 0 Å². The normalized spacial score (nSPS) is 13.3. The molecule has 0 spiro atoms. The van der Waals surface area contributed by atoms with Crippen molar-refractivity contribution in [1.29, 1.82) is 0 Å². The topological polar surface area (TPSA) is 36.9 Å². The molecule has 0 aromatic carbocycles. The predicted octanol–water partition coefficient (Wildman–Crippen LogP) is 6.59. The molecule has 0 unspecified atom stereocenters. The Balaban J connectivity index is 5.01. The van der Waals surface area contributed by atoms with E-state index in [0.29, 0.717) is 0 Å². The molecule has 0 amide bonds. The molecule has 0 aromatic rings. The highest BCUT2D eigenvalue weighted by molar-refractivity contribution is 6.81. The first kappa shape index (κ1) is 27.9. The minimum absolute atomic E-state index is 0.956. The Labute approximate surface area is 177 Å². The Kier molecular flexibility index (Phi) is 15.3. The molecule has 27 heavy (non-hydrogen) atoms. The Morgan fingerprint density at radius 1 is 0.444 bits per heavy atom. The number of hydrogen-bond acceptors (Lipinski definition) is 4. The molecule has 0 fully saturated rings. The lowest BCUT2D eigenvalue weighted by Gasteiger charge is -2.35. The van der Waals surface area contributed by atoms with Crippen LogP contribution in [-0.4, -0.2) is 44.5 Å². The highest BCUT2D eigenvalue weighted by Gasteiger charge is 2.38. The number of hydrogen-bond donors (Lipinski definition) is 0. The molecule has 0 atom stereocenters. The Bertz CT molecular complexity index is 319. The maximum Gasteiger partial charge on any atom is 0.365 e. The first-order valence-corrected chi connectivity index (χ1v) is 20.8. The Morgan fingerprint density at radius 3 is 0.889 bits per heavy atom. The molecular weight excluding hydrogens is 421 g/mol. The molecule has 3 radical (unpaired) electrons. The van der Waals surface area contributed by atoms with Gasteiger partial charge in [-0.15, -0.1) is 0 Å². The molecule has 0 saturated carbocycles. The van der Waals surface area contributed by atoms with Crippen LogP contribution < -0.4 is 0 Å². The van der Waals surface area contributed by atoms with Crippen molar-refractivity contribution in [2.24, 2.45) is 0 Å². The molecule has 0 aliphatic carbocycles. The maximum atomic E-state index is 6.69. The molecule has 0 N–H and O–H groups in total. The van der Waals surface area contributed by atoms with E-state index in [2.05, 4.69) is 62.3 Å². The lowest BCUT2D eigenvalue weighted by Crippen LogP contribution is -2.48. The second-order valence-electron chi connectivity index (χ2n) is 7.07. The molecule has 0 saturated heterocycles. The summed E-state index contributed by atoms with van der Waals surface area (Å²) in [6, 6.07) is 10.0. The van der Waals surface area contributed by atoms with Gasteiger partial charge in [0.15, 0.2) is 16.6 Å². The molecule has 0 aliphatic heterocycles. The van der Waals surface area contributed by atoms with Gasteiger partial charge in [0.25, 0.3) is 0 Å². The minimum atomic E-state index is -1.62. The van der Waals surface area contributed by atoms with E-state index < -0.39 is 44.5 Å². The molecule has 0 aromatic heterocycles. The maximum absolute atomic E-state index is 6.69. The van der Waals surface area contributed by atoms with Gasteiger partial charge in [0.1, 0.15) is 0 Å². The van der Waals surface area contributed by atoms with Gasteiger partial charge in [0.2, 0.25) is 0 Å². The summed E-state index contributed by atoms with van der Waals surface area (Å²) in [5, 5.41) is 0. The second kappa shape index (κ2) is 14.8. The van der Waals surface area contributed by atoms with Crippen LogP contribution in [0, 0.1) is 0 Å². The average Bonchev–Trinajstić information content (AvgIpc) is 2.73. The first-order chi connectivity index (χ1) is 12.9. The molecule has 0 aliphatic rings. The Morgan fingerprint density at radius 2 is 0.704 bits per heavy atom. The lowest BCUT2D eigenvalue weighted by molar-refractivity contribution is 0.332. The molecule has 4 nitrogen and oxygen atoms in total. The monoisotopic (exact) mass is 465 g/mol. The van der Waals surface area contributed by atoms with Crippen molar-refractivity contribution in [2.45, 2.75) is 117 Å². The van der Waals surface area contributed by atoms with Crippen LogP contribution >= 0.6 is 0 Å². The van der Waals surface area contributed by atoms with E-state index in [4.69, 9.17) is 16.5 Å². The predicted molar refractivity (Wildman–Crippen MR) is 127 cm³/mol. The minimum Gasteiger partial charge on any atom is -0.435 e. The van der Waals surface area contributed by atoms with Gasteiger partial charge in [-0.3, -0.25) is 0 Å². The van der Waals surface area contributed by atoms with Gasteiger partial charge in [0, 0.05) is 0 Å². The quantitative estimate of drug-likeness (QED) is 0.227. The van der Waals surface area contributed by atoms with E-state index in [1.165, 1.54) is 36.3 Å². The molecule has 161 valence electrons. The van der Waals surface area contributed by atoms with Crippen molar-refractivity contribution in [3.05, 3.63) is 0 Å². The largest absolute Gasteiger partial charge is 0.435 e. The van der Waals surface area contributed by atoms with E-state index in [0.717, 1.165) is 18.1 Å². The van der Waals surface area contributed by atoms with Gasteiger partial charge in [0.05, 0.1) is 0 Å². The van der Waals surface area contributed by atoms with Gasteiger partial charge in [-0.25, -0.2) is 0 Å². The van der Waals surface area contributed by atoms with Crippen molar-refractivity contribution < 1.29 is 16.5 Å². The van der Waals surface area contributed by atoms with Crippen LogP contribution in [0.5, 0.6) is 0 Å². The molecule has 9 heteroatoms. The summed E-state index contributed by atoms with van der Waals surface area (Å²) >= 11 is 0. The van der Waals surface area contributed by atoms with Crippen LogP contribution in [0.1, 0.15) is 62.3 Å². The van der Waals surface area contributed by atoms with E-state index in [1.807, 2.05) is 0 Å². The zero-order valence-electron chi connectivity index (χ0n) is 19.5. The van der Waals surface area contributed by atoms with Crippen LogP contribution in [-0.2, 0) is 16.5 Å². The summed E-state index contributed by atoms with van der Waals surface area (Å²) in [5.74, 6) is 0. The highest BCUT2D eigenvalue weighted by Crippen LogP contribution is 2.26. The fourth-order valence-corrected chi connectivity index (χ4v) is 20.6. The highest BCUT2D eigenvalue weighted by atomic mass is 28.5. The van der Waals surface area contributed by atoms with Crippen LogP contribution in [0.25, 0.3) is 0 Å². The summed E-state index contributed by atoms with van der Waals surface area (Å²) in [5.41, 5.74) is 0. The first-order valence-electron chi connectivity index (χ1n) is 11.2. The SMILES string of the molecule is CC[Si](O[Si](CC)O[Si](CC)(CC)CC)O[Si](CC)O[Si](CC)(CC)CC. The van der Waals surface area contributed by atoms with E-state index in [1.54, 1.807) is 0 Å². The van der Waals surface area contributed by atoms with Crippen LogP contribution in [0.2, 0.25) is 54.4 Å². The zero-order chi connectivity index (χ0) is 20.9. The zero-order valence-corrected chi connectivity index (χ0v) is 24.5. The van der Waals surface area contributed by atoms with E-state index in [-0.39, 0.29) is 0 Å². The van der Waals surface area contributed by atoms with Gasteiger partial charge >= 0.3 is 27.9 Å². The van der Waals surface area contributed by atoms with Crippen molar-refractivity contribution in [1.82, 2.24) is 0 Å². The molecule has 0 bridgehead atoms. The van der Waals surface area contributed by atoms with Gasteiger partial charge in [-0.2, -0.15) is 0 Å². The van der Waals surface area contributed by atoms with Crippen LogP contribution in [0.15, 0.2) is 0 Å². The molecule has 0 heterocycles. The van der Waals surface area contributed by atoms with Gasteiger partial charge in [-0.05, 0) is 54.4 Å². The third-order valence-corrected chi connectivity index (χ3v) is 24.2. The standard InChI is InChI=1S/C18H45O4Si5/c1-10-23(19-24(11-2)21-26(13-4,14-5)15-6)20-25(12-3)22-27(16-7,17-8)18-9/h10-18H2,1-9H3. The Hall–Kier alpha value is 0.924. The van der Waals surface area contributed by atoms with Gasteiger partial charge < -0.3 is 16.5 Å². The summed E-state index contributed by atoms with van der Waals surface area (Å²) in [7, 11) is -7.04. The fraction of sp³-hybridized carbons (Fsp3) is 1.00. The summed E-state index contributed by atoms with van der Waals surface area (Å²) in [6.45, 7) is 20.3. The van der Waals surface area contributed by atoms with E-state index >= 15 is 0 Å². The third kappa shape index (κ3) is 9.08. The third-order valence-electron chi connectivity index (χ3n) is 5.85. The molecular formula is C18H45O4Si5. The van der Waals surface area contributed by atoms with Gasteiger partial charge in [-0.1, -0.05) is 62.3 Å². The van der Waals surface area contributed by atoms with Crippen molar-refractivity contribution >= 4 is 44.5 Å². The summed E-state index contributed by atoms with van der Waals surface area (Å²) in [6.07, 6.45) is 0. The smallest absolute Gasteiger partial charge is 0.365 e. The summed E-state index contributed by atoms with van der Waals surface area (Å²) in [4.78, 5) is 0.